The highest BCUT2D eigenvalue weighted by molar-refractivity contribution is 5.60. The zero-order chi connectivity index (χ0) is 11.8. The number of rotatable bonds is 3. The smallest absolute Gasteiger partial charge is 0.124 e. The maximum atomic E-state index is 11.2. The molecule has 0 N–H and O–H groups in total. The first-order valence-corrected chi connectivity index (χ1v) is 6.11. The van der Waals surface area contributed by atoms with Gasteiger partial charge < -0.3 is 9.53 Å². The average Bonchev–Trinajstić information content (AvgIpc) is 2.98. The third-order valence-corrected chi connectivity index (χ3v) is 4.18. The van der Waals surface area contributed by atoms with Gasteiger partial charge in [0.15, 0.2) is 0 Å². The summed E-state index contributed by atoms with van der Waals surface area (Å²) in [4.78, 5) is 11.2. The molecule has 2 heteroatoms. The van der Waals surface area contributed by atoms with Gasteiger partial charge in [0.2, 0.25) is 0 Å². The molecule has 2 nitrogen and oxygen atoms in total. The molecule has 0 aliphatic heterocycles. The summed E-state index contributed by atoms with van der Waals surface area (Å²) in [7, 11) is 1.67. The number of methoxy groups -OCH3 is 1. The van der Waals surface area contributed by atoms with Crippen LogP contribution in [0.4, 0.5) is 0 Å². The largest absolute Gasteiger partial charge is 0.497 e. The summed E-state index contributed by atoms with van der Waals surface area (Å²) in [6, 6.07) is 8.14. The van der Waals surface area contributed by atoms with Crippen LogP contribution in [0.5, 0.6) is 5.75 Å². The number of carbonyl (C=O) groups is 1. The number of ether oxygens (including phenoxy) is 1. The molecule has 3 rings (SSSR count). The molecule has 0 spiro atoms. The molecule has 88 valence electrons. The zero-order valence-corrected chi connectivity index (χ0v) is 9.87. The van der Waals surface area contributed by atoms with Crippen molar-refractivity contribution in [1.29, 1.82) is 0 Å². The van der Waals surface area contributed by atoms with Crippen molar-refractivity contribution >= 4 is 6.29 Å². The third-order valence-electron chi connectivity index (χ3n) is 4.18. The van der Waals surface area contributed by atoms with Gasteiger partial charge in [-0.25, -0.2) is 0 Å². The molecule has 2 aliphatic rings. The second-order valence-electron chi connectivity index (χ2n) is 4.96. The first-order chi connectivity index (χ1) is 8.33. The minimum absolute atomic E-state index is 0.165. The molecular weight excluding hydrogens is 212 g/mol. The van der Waals surface area contributed by atoms with E-state index in [9.17, 15) is 4.79 Å². The summed E-state index contributed by atoms with van der Waals surface area (Å²) in [5.41, 5.74) is 1.26. The lowest BCUT2D eigenvalue weighted by Crippen LogP contribution is -2.18. The molecule has 1 aromatic carbocycles. The van der Waals surface area contributed by atoms with Gasteiger partial charge in [-0.2, -0.15) is 0 Å². The molecular formula is C15H16O2. The Kier molecular flexibility index (Phi) is 2.50. The predicted molar refractivity (Wildman–Crippen MR) is 66.0 cm³/mol. The van der Waals surface area contributed by atoms with Crippen LogP contribution in [0.3, 0.4) is 0 Å². The summed E-state index contributed by atoms with van der Waals surface area (Å²) in [6.07, 6.45) is 6.77. The van der Waals surface area contributed by atoms with Crippen LogP contribution in [0.1, 0.15) is 17.9 Å². The van der Waals surface area contributed by atoms with Crippen LogP contribution in [-0.2, 0) is 4.79 Å². The first kappa shape index (κ1) is 10.6. The van der Waals surface area contributed by atoms with E-state index in [-0.39, 0.29) is 5.92 Å². The molecule has 0 aromatic heterocycles. The highest BCUT2D eigenvalue weighted by Gasteiger charge is 2.44. The van der Waals surface area contributed by atoms with Crippen LogP contribution >= 0.6 is 0 Å². The molecule has 0 amide bonds. The topological polar surface area (TPSA) is 26.3 Å². The van der Waals surface area contributed by atoms with Crippen LogP contribution in [-0.4, -0.2) is 13.4 Å². The van der Waals surface area contributed by atoms with Crippen molar-refractivity contribution in [2.45, 2.75) is 12.3 Å². The molecule has 1 fully saturated rings. The van der Waals surface area contributed by atoms with Gasteiger partial charge in [-0.15, -0.1) is 0 Å². The molecule has 1 saturated carbocycles. The number of hydrogen-bond donors (Lipinski definition) is 0. The maximum Gasteiger partial charge on any atom is 0.124 e. The Labute approximate surface area is 101 Å². The fraction of sp³-hybridized carbons (Fsp3) is 0.400. The molecule has 0 saturated heterocycles. The fourth-order valence-electron chi connectivity index (χ4n) is 3.34. The van der Waals surface area contributed by atoms with E-state index in [1.54, 1.807) is 7.11 Å². The highest BCUT2D eigenvalue weighted by Crippen LogP contribution is 2.52. The Morgan fingerprint density at radius 2 is 1.88 bits per heavy atom. The standard InChI is InChI=1S/C15H16O2/c1-17-13-6-4-10(5-7-13)15-12-3-2-11(8-12)14(15)9-16/h2-7,9,11-12,14-15H,8H2,1H3/t11-,12+,14-,15-/m1/s1. The summed E-state index contributed by atoms with van der Waals surface area (Å²) >= 11 is 0. The lowest BCUT2D eigenvalue weighted by Gasteiger charge is -2.24. The van der Waals surface area contributed by atoms with Crippen molar-refractivity contribution in [2.24, 2.45) is 17.8 Å². The van der Waals surface area contributed by atoms with E-state index >= 15 is 0 Å². The fourth-order valence-corrected chi connectivity index (χ4v) is 3.34. The SMILES string of the molecule is COc1ccc([C@H]2[C@H](C=O)[C@@H]3C=C[C@H]2C3)cc1. The van der Waals surface area contributed by atoms with E-state index < -0.39 is 0 Å². The average molecular weight is 228 g/mol. The van der Waals surface area contributed by atoms with Crippen molar-refractivity contribution in [3.8, 4) is 5.75 Å². The van der Waals surface area contributed by atoms with Crippen molar-refractivity contribution < 1.29 is 9.53 Å². The Morgan fingerprint density at radius 3 is 2.53 bits per heavy atom. The molecule has 2 bridgehead atoms. The zero-order valence-electron chi connectivity index (χ0n) is 9.87. The van der Waals surface area contributed by atoms with Gasteiger partial charge in [0.05, 0.1) is 7.11 Å². The lowest BCUT2D eigenvalue weighted by atomic mass is 9.79. The number of allylic oxidation sites excluding steroid dienone is 2. The molecule has 17 heavy (non-hydrogen) atoms. The number of aldehydes is 1. The lowest BCUT2D eigenvalue weighted by molar-refractivity contribution is -0.112. The van der Waals surface area contributed by atoms with E-state index in [2.05, 4.69) is 24.3 Å². The molecule has 0 radical (unpaired) electrons. The van der Waals surface area contributed by atoms with E-state index in [1.807, 2.05) is 12.1 Å². The van der Waals surface area contributed by atoms with E-state index in [4.69, 9.17) is 4.74 Å². The third kappa shape index (κ3) is 1.59. The highest BCUT2D eigenvalue weighted by atomic mass is 16.5. The quantitative estimate of drug-likeness (QED) is 0.587. The van der Waals surface area contributed by atoms with E-state index in [0.29, 0.717) is 17.8 Å². The van der Waals surface area contributed by atoms with Crippen LogP contribution < -0.4 is 4.74 Å². The van der Waals surface area contributed by atoms with Gasteiger partial charge in [0.1, 0.15) is 12.0 Å². The van der Waals surface area contributed by atoms with Crippen molar-refractivity contribution in [3.05, 3.63) is 42.0 Å². The molecule has 0 unspecified atom stereocenters. The summed E-state index contributed by atoms with van der Waals surface area (Å²) in [5, 5.41) is 0. The second kappa shape index (κ2) is 4.02. The van der Waals surface area contributed by atoms with Crippen molar-refractivity contribution in [3.63, 3.8) is 0 Å². The maximum absolute atomic E-state index is 11.2. The minimum Gasteiger partial charge on any atom is -0.497 e. The second-order valence-corrected chi connectivity index (χ2v) is 4.96. The van der Waals surface area contributed by atoms with Gasteiger partial charge in [-0.1, -0.05) is 24.3 Å². The molecule has 4 atom stereocenters. The van der Waals surface area contributed by atoms with Gasteiger partial charge >= 0.3 is 0 Å². The summed E-state index contributed by atoms with van der Waals surface area (Å²) < 4.78 is 5.16. The monoisotopic (exact) mass is 228 g/mol. The summed E-state index contributed by atoms with van der Waals surface area (Å²) in [5.74, 6) is 2.41. The number of fused-ring (bicyclic) bond motifs is 2. The van der Waals surface area contributed by atoms with Gasteiger partial charge in [0, 0.05) is 11.8 Å². The summed E-state index contributed by atoms with van der Waals surface area (Å²) in [6.45, 7) is 0. The van der Waals surface area contributed by atoms with Crippen LogP contribution in [0.25, 0.3) is 0 Å². The minimum atomic E-state index is 0.165. The van der Waals surface area contributed by atoms with Crippen LogP contribution in [0, 0.1) is 17.8 Å². The Morgan fingerprint density at radius 1 is 1.18 bits per heavy atom. The first-order valence-electron chi connectivity index (χ1n) is 6.11. The predicted octanol–water partition coefficient (Wildman–Crippen LogP) is 2.80. The Bertz CT molecular complexity index is 446. The normalized spacial score (nSPS) is 33.9. The van der Waals surface area contributed by atoms with Gasteiger partial charge in [-0.3, -0.25) is 0 Å². The van der Waals surface area contributed by atoms with E-state index in [1.165, 1.54) is 5.56 Å². The Balaban J connectivity index is 1.92. The van der Waals surface area contributed by atoms with Gasteiger partial charge in [0.25, 0.3) is 0 Å². The van der Waals surface area contributed by atoms with Crippen molar-refractivity contribution in [1.82, 2.24) is 0 Å². The number of benzene rings is 1. The van der Waals surface area contributed by atoms with Crippen molar-refractivity contribution in [2.75, 3.05) is 7.11 Å². The molecule has 2 aliphatic carbocycles. The van der Waals surface area contributed by atoms with Crippen LogP contribution in [0.15, 0.2) is 36.4 Å². The number of hydrogen-bond acceptors (Lipinski definition) is 2. The van der Waals surface area contributed by atoms with E-state index in [0.717, 1.165) is 18.5 Å². The molecule has 0 heterocycles. The molecule has 1 aromatic rings. The number of carbonyl (C=O) groups excluding carboxylic acids is 1. The van der Waals surface area contributed by atoms with Crippen LogP contribution in [0.2, 0.25) is 0 Å². The Hall–Kier alpha value is -1.57. The van der Waals surface area contributed by atoms with Gasteiger partial charge in [-0.05, 0) is 36.0 Å².